The van der Waals surface area contributed by atoms with Crippen LogP contribution in [0, 0.1) is 11.7 Å². The third-order valence-electron chi connectivity index (χ3n) is 6.45. The molecule has 0 heterocycles. The Labute approximate surface area is 204 Å². The predicted molar refractivity (Wildman–Crippen MR) is 137 cm³/mol. The van der Waals surface area contributed by atoms with E-state index in [4.69, 9.17) is 10.8 Å². The van der Waals surface area contributed by atoms with Gasteiger partial charge in [-0.2, -0.15) is 0 Å². The minimum Gasteiger partial charge on any atom is -0.478 e. The molecule has 1 amide bonds. The van der Waals surface area contributed by atoms with Gasteiger partial charge in [-0.3, -0.25) is 4.79 Å². The molecule has 0 bridgehead atoms. The number of carbonyl (C=O) groups is 2. The van der Waals surface area contributed by atoms with E-state index in [-0.39, 0.29) is 24.2 Å². The van der Waals surface area contributed by atoms with Gasteiger partial charge in [-0.1, -0.05) is 55.7 Å². The summed E-state index contributed by atoms with van der Waals surface area (Å²) in [6.07, 6.45) is 7.34. The molecule has 0 atom stereocenters. The van der Waals surface area contributed by atoms with Crippen molar-refractivity contribution < 1.29 is 19.1 Å². The summed E-state index contributed by atoms with van der Waals surface area (Å²) in [5.74, 6) is -1.55. The normalized spacial score (nSPS) is 14.2. The van der Waals surface area contributed by atoms with E-state index in [1.807, 2.05) is 18.2 Å². The average Bonchev–Trinajstić information content (AvgIpc) is 2.87. The number of anilines is 2. The highest BCUT2D eigenvalue weighted by atomic mass is 19.1. The molecule has 1 saturated carbocycles. The van der Waals surface area contributed by atoms with Crippen molar-refractivity contribution in [3.05, 3.63) is 89.8 Å². The van der Waals surface area contributed by atoms with E-state index in [0.717, 1.165) is 49.3 Å². The molecule has 0 unspecified atom stereocenters. The molecule has 1 aliphatic carbocycles. The summed E-state index contributed by atoms with van der Waals surface area (Å²) in [6.45, 7) is 0.0925. The summed E-state index contributed by atoms with van der Waals surface area (Å²) in [7, 11) is 0. The van der Waals surface area contributed by atoms with Crippen LogP contribution in [-0.2, 0) is 16.1 Å². The third kappa shape index (κ3) is 6.15. The van der Waals surface area contributed by atoms with E-state index < -0.39 is 5.97 Å². The number of nitrogen functional groups attached to an aromatic ring is 1. The van der Waals surface area contributed by atoms with E-state index in [1.54, 1.807) is 47.4 Å². The largest absolute Gasteiger partial charge is 0.478 e. The summed E-state index contributed by atoms with van der Waals surface area (Å²) >= 11 is 0. The van der Waals surface area contributed by atoms with E-state index >= 15 is 4.39 Å². The van der Waals surface area contributed by atoms with Crippen LogP contribution in [0.2, 0.25) is 0 Å². The smallest absolute Gasteiger partial charge is 0.328 e. The Bertz CT molecular complexity index is 1230. The first-order valence-corrected chi connectivity index (χ1v) is 11.9. The van der Waals surface area contributed by atoms with Gasteiger partial charge in [-0.25, -0.2) is 9.18 Å². The monoisotopic (exact) mass is 472 g/mol. The lowest BCUT2D eigenvalue weighted by molar-refractivity contribution is -0.131. The molecule has 3 aromatic carbocycles. The molecular formula is C29H29FN2O3. The molecule has 0 radical (unpaired) electrons. The molecule has 4 rings (SSSR count). The van der Waals surface area contributed by atoms with E-state index in [9.17, 15) is 9.59 Å². The Morgan fingerprint density at radius 1 is 0.971 bits per heavy atom. The number of rotatable bonds is 7. The predicted octanol–water partition coefficient (Wildman–Crippen LogP) is 6.29. The first-order valence-electron chi connectivity index (χ1n) is 11.9. The lowest BCUT2D eigenvalue weighted by Crippen LogP contribution is -2.37. The van der Waals surface area contributed by atoms with Crippen LogP contribution in [0.4, 0.5) is 15.8 Å². The highest BCUT2D eigenvalue weighted by Crippen LogP contribution is 2.30. The van der Waals surface area contributed by atoms with Crippen molar-refractivity contribution in [2.75, 3.05) is 10.6 Å². The highest BCUT2D eigenvalue weighted by molar-refractivity contribution is 5.95. The standard InChI is InChI=1S/C29H29FN2O3/c30-27-18-23(21-12-14-25(31)15-13-21)10-11-24(27)19-32(29(35)22-6-2-1-3-7-22)26-8-4-5-20(17-26)9-16-28(33)34/h4-5,8-18,22H,1-3,6-7,19,31H2,(H,33,34)/b16-9+. The summed E-state index contributed by atoms with van der Waals surface area (Å²) in [4.78, 5) is 26.2. The maximum Gasteiger partial charge on any atom is 0.328 e. The van der Waals surface area contributed by atoms with Crippen LogP contribution in [0.1, 0.15) is 43.2 Å². The van der Waals surface area contributed by atoms with Crippen molar-refractivity contribution in [2.24, 2.45) is 5.92 Å². The number of amides is 1. The summed E-state index contributed by atoms with van der Waals surface area (Å²) in [5.41, 5.74) is 9.69. The van der Waals surface area contributed by atoms with E-state index in [2.05, 4.69) is 0 Å². The number of aliphatic carboxylic acids is 1. The van der Waals surface area contributed by atoms with Gasteiger partial charge in [0.2, 0.25) is 5.91 Å². The fourth-order valence-electron chi connectivity index (χ4n) is 4.53. The zero-order valence-electron chi connectivity index (χ0n) is 19.5. The molecule has 35 heavy (non-hydrogen) atoms. The Kier molecular flexibility index (Phi) is 7.60. The van der Waals surface area contributed by atoms with Gasteiger partial charge >= 0.3 is 5.97 Å². The second-order valence-electron chi connectivity index (χ2n) is 8.95. The van der Waals surface area contributed by atoms with Crippen molar-refractivity contribution in [2.45, 2.75) is 38.6 Å². The summed E-state index contributed by atoms with van der Waals surface area (Å²) < 4.78 is 15.2. The Morgan fingerprint density at radius 2 is 1.69 bits per heavy atom. The van der Waals surface area contributed by atoms with E-state index in [1.165, 1.54) is 12.1 Å². The number of carboxylic acid groups (broad SMARTS) is 1. The molecule has 0 saturated heterocycles. The number of benzene rings is 3. The number of carboxylic acids is 1. The molecule has 5 nitrogen and oxygen atoms in total. The van der Waals surface area contributed by atoms with Crippen molar-refractivity contribution in [3.63, 3.8) is 0 Å². The number of hydrogen-bond donors (Lipinski definition) is 2. The summed E-state index contributed by atoms with van der Waals surface area (Å²) in [6, 6.07) is 19.4. The lowest BCUT2D eigenvalue weighted by atomic mass is 9.88. The number of nitrogens with zero attached hydrogens (tertiary/aromatic N) is 1. The van der Waals surface area contributed by atoms with Crippen LogP contribution < -0.4 is 10.6 Å². The van der Waals surface area contributed by atoms with Crippen LogP contribution in [-0.4, -0.2) is 17.0 Å². The maximum absolute atomic E-state index is 15.2. The number of halogens is 1. The Hall–Kier alpha value is -3.93. The number of carbonyl (C=O) groups excluding carboxylic acids is 1. The zero-order chi connectivity index (χ0) is 24.8. The van der Waals surface area contributed by atoms with Crippen molar-refractivity contribution in [1.82, 2.24) is 0 Å². The van der Waals surface area contributed by atoms with Crippen molar-refractivity contribution in [3.8, 4) is 11.1 Å². The first kappa shape index (κ1) is 24.2. The van der Waals surface area contributed by atoms with Crippen LogP contribution in [0.5, 0.6) is 0 Å². The Morgan fingerprint density at radius 3 is 2.37 bits per heavy atom. The topological polar surface area (TPSA) is 83.6 Å². The van der Waals surface area contributed by atoms with Crippen LogP contribution in [0.15, 0.2) is 72.8 Å². The molecule has 1 aliphatic rings. The van der Waals surface area contributed by atoms with E-state index in [0.29, 0.717) is 22.5 Å². The van der Waals surface area contributed by atoms with Gasteiger partial charge in [0, 0.05) is 28.9 Å². The van der Waals surface area contributed by atoms with Gasteiger partial charge < -0.3 is 15.7 Å². The molecule has 0 aliphatic heterocycles. The number of nitrogens with two attached hydrogens (primary N) is 1. The molecule has 3 N–H and O–H groups in total. The zero-order valence-corrected chi connectivity index (χ0v) is 19.5. The highest BCUT2D eigenvalue weighted by Gasteiger charge is 2.28. The van der Waals surface area contributed by atoms with Gasteiger partial charge in [0.25, 0.3) is 0 Å². The van der Waals surface area contributed by atoms with Gasteiger partial charge in [-0.05, 0) is 65.9 Å². The molecule has 0 aromatic heterocycles. The molecule has 6 heteroatoms. The van der Waals surface area contributed by atoms with Gasteiger partial charge in [0.15, 0.2) is 0 Å². The number of hydrogen-bond acceptors (Lipinski definition) is 3. The Balaban J connectivity index is 1.65. The lowest BCUT2D eigenvalue weighted by Gasteiger charge is -2.30. The molecule has 180 valence electrons. The van der Waals surface area contributed by atoms with Gasteiger partial charge in [0.1, 0.15) is 5.82 Å². The van der Waals surface area contributed by atoms with Gasteiger partial charge in [0.05, 0.1) is 6.54 Å². The minimum atomic E-state index is -1.05. The van der Waals surface area contributed by atoms with Crippen LogP contribution in [0.3, 0.4) is 0 Å². The molecular weight excluding hydrogens is 443 g/mol. The SMILES string of the molecule is Nc1ccc(-c2ccc(CN(C(=O)C3CCCCC3)c3cccc(/C=C/C(=O)O)c3)c(F)c2)cc1. The van der Waals surface area contributed by atoms with Crippen molar-refractivity contribution in [1.29, 1.82) is 0 Å². The quantitative estimate of drug-likeness (QED) is 0.313. The first-order chi connectivity index (χ1) is 16.9. The van der Waals surface area contributed by atoms with Gasteiger partial charge in [-0.15, -0.1) is 0 Å². The fourth-order valence-corrected chi connectivity index (χ4v) is 4.53. The van der Waals surface area contributed by atoms with Crippen LogP contribution in [0.25, 0.3) is 17.2 Å². The van der Waals surface area contributed by atoms with Crippen molar-refractivity contribution >= 4 is 29.3 Å². The van der Waals surface area contributed by atoms with Crippen LogP contribution >= 0.6 is 0 Å². The molecule has 1 fully saturated rings. The third-order valence-corrected chi connectivity index (χ3v) is 6.45. The molecule has 0 spiro atoms. The second-order valence-corrected chi connectivity index (χ2v) is 8.95. The molecule has 3 aromatic rings. The minimum absolute atomic E-state index is 0.0222. The average molecular weight is 473 g/mol. The maximum atomic E-state index is 15.2. The summed E-state index contributed by atoms with van der Waals surface area (Å²) in [5, 5.41) is 8.96. The second kappa shape index (κ2) is 11.0. The fraction of sp³-hybridized carbons (Fsp3) is 0.241.